The number of nitro benzene ring substituents is 1. The Labute approximate surface area is 116 Å². The number of nitrogens with zero attached hydrogens (tertiary/aromatic N) is 2. The first kappa shape index (κ1) is 13.6. The molecular formula is C15H12N2O3. The standard InChI is InChI=1S/C15H12N2O3/c1-10-3-6-14(12(7-10)9-16)20-15-8-13(17(18)19)5-4-11(15)2/h3-8H,1-2H3. The van der Waals surface area contributed by atoms with Crippen LogP contribution in [0.3, 0.4) is 0 Å². The van der Waals surface area contributed by atoms with Crippen molar-refractivity contribution in [2.24, 2.45) is 0 Å². The van der Waals surface area contributed by atoms with E-state index in [1.54, 1.807) is 25.1 Å². The van der Waals surface area contributed by atoms with E-state index in [0.29, 0.717) is 17.1 Å². The summed E-state index contributed by atoms with van der Waals surface area (Å²) < 4.78 is 5.65. The fourth-order valence-corrected chi connectivity index (χ4v) is 1.75. The molecule has 5 nitrogen and oxygen atoms in total. The monoisotopic (exact) mass is 268 g/mol. The van der Waals surface area contributed by atoms with E-state index in [-0.39, 0.29) is 5.69 Å². The minimum absolute atomic E-state index is 0.0452. The summed E-state index contributed by atoms with van der Waals surface area (Å²) in [6.45, 7) is 3.67. The normalized spacial score (nSPS) is 9.85. The molecule has 0 radical (unpaired) electrons. The van der Waals surface area contributed by atoms with Gasteiger partial charge in [-0.15, -0.1) is 0 Å². The average Bonchev–Trinajstić information content (AvgIpc) is 2.42. The van der Waals surface area contributed by atoms with Crippen LogP contribution in [0.25, 0.3) is 0 Å². The molecule has 0 aromatic heterocycles. The number of non-ortho nitro benzene ring substituents is 1. The molecule has 20 heavy (non-hydrogen) atoms. The number of hydrogen-bond acceptors (Lipinski definition) is 4. The van der Waals surface area contributed by atoms with E-state index >= 15 is 0 Å². The summed E-state index contributed by atoms with van der Waals surface area (Å²) in [6, 6.07) is 11.7. The lowest BCUT2D eigenvalue weighted by Gasteiger charge is -2.10. The van der Waals surface area contributed by atoms with Crippen molar-refractivity contribution >= 4 is 5.69 Å². The van der Waals surface area contributed by atoms with Gasteiger partial charge in [-0.1, -0.05) is 6.07 Å². The maximum absolute atomic E-state index is 10.8. The van der Waals surface area contributed by atoms with Crippen LogP contribution in [0.1, 0.15) is 16.7 Å². The number of aryl methyl sites for hydroxylation is 2. The van der Waals surface area contributed by atoms with E-state index in [0.717, 1.165) is 11.1 Å². The molecule has 2 aromatic rings. The SMILES string of the molecule is Cc1ccc(Oc2cc([N+](=O)[O-])ccc2C)c(C#N)c1. The van der Waals surface area contributed by atoms with Crippen molar-refractivity contribution in [2.75, 3.05) is 0 Å². The molecule has 2 aromatic carbocycles. The van der Waals surface area contributed by atoms with Crippen LogP contribution >= 0.6 is 0 Å². The summed E-state index contributed by atoms with van der Waals surface area (Å²) in [6.07, 6.45) is 0. The summed E-state index contributed by atoms with van der Waals surface area (Å²) >= 11 is 0. The Balaban J connectivity index is 2.42. The van der Waals surface area contributed by atoms with E-state index in [9.17, 15) is 10.1 Å². The fourth-order valence-electron chi connectivity index (χ4n) is 1.75. The zero-order valence-electron chi connectivity index (χ0n) is 11.1. The van der Waals surface area contributed by atoms with E-state index < -0.39 is 4.92 Å². The largest absolute Gasteiger partial charge is 0.455 e. The van der Waals surface area contributed by atoms with Gasteiger partial charge in [0.25, 0.3) is 5.69 Å². The minimum Gasteiger partial charge on any atom is -0.455 e. The van der Waals surface area contributed by atoms with Crippen LogP contribution in [0.2, 0.25) is 0 Å². The molecule has 0 aliphatic carbocycles. The Kier molecular flexibility index (Phi) is 3.67. The Bertz CT molecular complexity index is 718. The van der Waals surface area contributed by atoms with Crippen molar-refractivity contribution in [1.82, 2.24) is 0 Å². The van der Waals surface area contributed by atoms with Crippen molar-refractivity contribution in [3.05, 3.63) is 63.2 Å². The Morgan fingerprint density at radius 2 is 1.90 bits per heavy atom. The first-order chi connectivity index (χ1) is 9.51. The highest BCUT2D eigenvalue weighted by Crippen LogP contribution is 2.31. The van der Waals surface area contributed by atoms with Crippen LogP contribution in [0.5, 0.6) is 11.5 Å². The third-order valence-electron chi connectivity index (χ3n) is 2.86. The Hall–Kier alpha value is -2.87. The number of benzene rings is 2. The highest BCUT2D eigenvalue weighted by molar-refractivity contribution is 5.50. The molecule has 0 unspecified atom stereocenters. The quantitative estimate of drug-likeness (QED) is 0.625. The van der Waals surface area contributed by atoms with Gasteiger partial charge < -0.3 is 4.74 Å². The second-order valence-corrected chi connectivity index (χ2v) is 4.42. The van der Waals surface area contributed by atoms with Gasteiger partial charge in [-0.2, -0.15) is 5.26 Å². The van der Waals surface area contributed by atoms with Crippen LogP contribution in [0.4, 0.5) is 5.69 Å². The minimum atomic E-state index is -0.480. The maximum atomic E-state index is 10.8. The molecule has 0 aliphatic heterocycles. The number of nitriles is 1. The van der Waals surface area contributed by atoms with Crippen LogP contribution in [-0.4, -0.2) is 4.92 Å². The summed E-state index contributed by atoms with van der Waals surface area (Å²) in [4.78, 5) is 10.3. The van der Waals surface area contributed by atoms with Crippen molar-refractivity contribution in [3.63, 3.8) is 0 Å². The molecule has 0 N–H and O–H groups in total. The van der Waals surface area contributed by atoms with Crippen molar-refractivity contribution < 1.29 is 9.66 Å². The molecule has 0 heterocycles. The predicted molar refractivity (Wildman–Crippen MR) is 73.8 cm³/mol. The van der Waals surface area contributed by atoms with Crippen LogP contribution in [-0.2, 0) is 0 Å². The third kappa shape index (κ3) is 2.75. The average molecular weight is 268 g/mol. The number of hydrogen-bond donors (Lipinski definition) is 0. The zero-order chi connectivity index (χ0) is 14.7. The molecule has 0 atom stereocenters. The van der Waals surface area contributed by atoms with Gasteiger partial charge in [-0.05, 0) is 43.2 Å². The van der Waals surface area contributed by atoms with Crippen LogP contribution < -0.4 is 4.74 Å². The summed E-state index contributed by atoms with van der Waals surface area (Å²) in [5.41, 5.74) is 2.07. The molecule has 0 spiro atoms. The van der Waals surface area contributed by atoms with Gasteiger partial charge >= 0.3 is 0 Å². The zero-order valence-corrected chi connectivity index (χ0v) is 11.1. The smallest absolute Gasteiger partial charge is 0.273 e. The number of rotatable bonds is 3. The maximum Gasteiger partial charge on any atom is 0.273 e. The molecule has 0 fully saturated rings. The second kappa shape index (κ2) is 5.41. The molecular weight excluding hydrogens is 256 g/mol. The molecule has 0 saturated carbocycles. The molecule has 0 bridgehead atoms. The van der Waals surface area contributed by atoms with Crippen molar-refractivity contribution in [3.8, 4) is 17.6 Å². The van der Waals surface area contributed by atoms with E-state index in [1.807, 2.05) is 13.0 Å². The molecule has 0 saturated heterocycles. The second-order valence-electron chi connectivity index (χ2n) is 4.42. The van der Waals surface area contributed by atoms with Crippen molar-refractivity contribution in [1.29, 1.82) is 5.26 Å². The summed E-state index contributed by atoms with van der Waals surface area (Å²) in [5.74, 6) is 0.765. The summed E-state index contributed by atoms with van der Waals surface area (Å²) in [5, 5.41) is 19.9. The first-order valence-electron chi connectivity index (χ1n) is 5.95. The fraction of sp³-hybridized carbons (Fsp3) is 0.133. The highest BCUT2D eigenvalue weighted by Gasteiger charge is 2.12. The Morgan fingerprint density at radius 3 is 2.55 bits per heavy atom. The molecule has 0 amide bonds. The number of ether oxygens (including phenoxy) is 1. The highest BCUT2D eigenvalue weighted by atomic mass is 16.6. The van der Waals surface area contributed by atoms with E-state index in [1.165, 1.54) is 12.1 Å². The predicted octanol–water partition coefficient (Wildman–Crippen LogP) is 3.88. The Morgan fingerprint density at radius 1 is 1.15 bits per heavy atom. The lowest BCUT2D eigenvalue weighted by Crippen LogP contribution is -1.94. The van der Waals surface area contributed by atoms with Gasteiger partial charge in [0.15, 0.2) is 0 Å². The van der Waals surface area contributed by atoms with E-state index in [2.05, 4.69) is 6.07 Å². The molecule has 2 rings (SSSR count). The van der Waals surface area contributed by atoms with Gasteiger partial charge in [0.1, 0.15) is 17.6 Å². The van der Waals surface area contributed by atoms with Gasteiger partial charge in [0.05, 0.1) is 16.6 Å². The topological polar surface area (TPSA) is 76.2 Å². The molecule has 0 aliphatic rings. The van der Waals surface area contributed by atoms with Crippen LogP contribution in [0.15, 0.2) is 36.4 Å². The van der Waals surface area contributed by atoms with E-state index in [4.69, 9.17) is 10.00 Å². The lowest BCUT2D eigenvalue weighted by molar-refractivity contribution is -0.384. The lowest BCUT2D eigenvalue weighted by atomic mass is 10.1. The van der Waals surface area contributed by atoms with Gasteiger partial charge in [0, 0.05) is 6.07 Å². The third-order valence-corrected chi connectivity index (χ3v) is 2.86. The molecule has 5 heteroatoms. The first-order valence-corrected chi connectivity index (χ1v) is 5.95. The van der Waals surface area contributed by atoms with Gasteiger partial charge in [0.2, 0.25) is 0 Å². The number of nitro groups is 1. The van der Waals surface area contributed by atoms with Crippen LogP contribution in [0, 0.1) is 35.3 Å². The van der Waals surface area contributed by atoms with Crippen molar-refractivity contribution in [2.45, 2.75) is 13.8 Å². The molecule has 100 valence electrons. The van der Waals surface area contributed by atoms with Gasteiger partial charge in [-0.3, -0.25) is 10.1 Å². The summed E-state index contributed by atoms with van der Waals surface area (Å²) in [7, 11) is 0. The van der Waals surface area contributed by atoms with Gasteiger partial charge in [-0.25, -0.2) is 0 Å².